The highest BCUT2D eigenvalue weighted by Gasteiger charge is 2.13. The van der Waals surface area contributed by atoms with Crippen LogP contribution in [-0.2, 0) is 11.4 Å². The highest BCUT2D eigenvalue weighted by Crippen LogP contribution is 2.22. The summed E-state index contributed by atoms with van der Waals surface area (Å²) in [4.78, 5) is 13.2. The van der Waals surface area contributed by atoms with Gasteiger partial charge in [0.15, 0.2) is 6.61 Å². The van der Waals surface area contributed by atoms with Gasteiger partial charge in [-0.25, -0.2) is 0 Å². The molecule has 142 valence electrons. The van der Waals surface area contributed by atoms with Crippen LogP contribution in [-0.4, -0.2) is 21.9 Å². The van der Waals surface area contributed by atoms with Gasteiger partial charge in [0.1, 0.15) is 5.75 Å². The first-order valence-corrected chi connectivity index (χ1v) is 10.4. The lowest BCUT2D eigenvalue weighted by Gasteiger charge is -2.11. The second kappa shape index (κ2) is 9.05. The zero-order valence-electron chi connectivity index (χ0n) is 15.4. The first kappa shape index (κ1) is 19.4. The van der Waals surface area contributed by atoms with Crippen molar-refractivity contribution < 1.29 is 13.9 Å². The Bertz CT molecular complexity index is 894. The second-order valence-corrected chi connectivity index (χ2v) is 8.02. The molecule has 8 heteroatoms. The monoisotopic (exact) mass is 403 g/mol. The standard InChI is InChI=1S/C19H21N3O3S2/c1-12-6-7-13(2)15(9-12)24-10-18-21-22-19(25-18)27-11-17(23)20-14(3)16-5-4-8-26-16/h4-9,14H,10-11H2,1-3H3,(H,20,23). The Kier molecular flexibility index (Phi) is 6.52. The maximum Gasteiger partial charge on any atom is 0.277 e. The molecule has 0 fully saturated rings. The zero-order chi connectivity index (χ0) is 19.2. The Morgan fingerprint density at radius 3 is 2.96 bits per heavy atom. The largest absolute Gasteiger partial charge is 0.484 e. The highest BCUT2D eigenvalue weighted by atomic mass is 32.2. The van der Waals surface area contributed by atoms with E-state index in [-0.39, 0.29) is 24.3 Å². The first-order valence-electron chi connectivity index (χ1n) is 8.49. The van der Waals surface area contributed by atoms with Crippen molar-refractivity contribution in [3.05, 3.63) is 57.6 Å². The van der Waals surface area contributed by atoms with Crippen molar-refractivity contribution in [1.29, 1.82) is 0 Å². The molecule has 1 atom stereocenters. The highest BCUT2D eigenvalue weighted by molar-refractivity contribution is 7.99. The van der Waals surface area contributed by atoms with E-state index in [4.69, 9.17) is 9.15 Å². The van der Waals surface area contributed by atoms with Gasteiger partial charge < -0.3 is 14.5 Å². The minimum atomic E-state index is -0.0766. The third-order valence-corrected chi connectivity index (χ3v) is 5.69. The van der Waals surface area contributed by atoms with E-state index in [2.05, 4.69) is 15.5 Å². The number of carbonyl (C=O) groups excluding carboxylic acids is 1. The van der Waals surface area contributed by atoms with Gasteiger partial charge in [0.2, 0.25) is 5.91 Å². The van der Waals surface area contributed by atoms with Crippen LogP contribution in [0.3, 0.4) is 0 Å². The molecule has 1 aromatic carbocycles. The van der Waals surface area contributed by atoms with Crippen LogP contribution >= 0.6 is 23.1 Å². The number of amides is 1. The number of ether oxygens (including phenoxy) is 1. The fraction of sp³-hybridized carbons (Fsp3) is 0.316. The van der Waals surface area contributed by atoms with E-state index in [0.717, 1.165) is 21.8 Å². The van der Waals surface area contributed by atoms with Crippen molar-refractivity contribution in [3.63, 3.8) is 0 Å². The zero-order valence-corrected chi connectivity index (χ0v) is 17.0. The van der Waals surface area contributed by atoms with E-state index in [1.807, 2.05) is 56.5 Å². The Hall–Kier alpha value is -2.32. The van der Waals surface area contributed by atoms with Gasteiger partial charge >= 0.3 is 0 Å². The second-order valence-electron chi connectivity index (χ2n) is 6.11. The molecular formula is C19H21N3O3S2. The quantitative estimate of drug-likeness (QED) is 0.565. The topological polar surface area (TPSA) is 77.2 Å². The van der Waals surface area contributed by atoms with Crippen molar-refractivity contribution in [2.24, 2.45) is 0 Å². The van der Waals surface area contributed by atoms with Crippen LogP contribution in [0.4, 0.5) is 0 Å². The summed E-state index contributed by atoms with van der Waals surface area (Å²) >= 11 is 2.83. The molecule has 1 N–H and O–H groups in total. The Balaban J connectivity index is 1.46. The first-order chi connectivity index (χ1) is 13.0. The fourth-order valence-electron chi connectivity index (χ4n) is 2.38. The lowest BCUT2D eigenvalue weighted by molar-refractivity contribution is -0.119. The van der Waals surface area contributed by atoms with E-state index < -0.39 is 0 Å². The summed E-state index contributed by atoms with van der Waals surface area (Å²) in [5, 5.41) is 13.2. The van der Waals surface area contributed by atoms with Crippen LogP contribution in [0.1, 0.15) is 34.9 Å². The number of aryl methyl sites for hydroxylation is 2. The third-order valence-electron chi connectivity index (χ3n) is 3.82. The van der Waals surface area contributed by atoms with Gasteiger partial charge in [-0.05, 0) is 49.4 Å². The van der Waals surface area contributed by atoms with Crippen molar-refractivity contribution in [2.75, 3.05) is 5.75 Å². The van der Waals surface area contributed by atoms with Gasteiger partial charge in [0.05, 0.1) is 11.8 Å². The van der Waals surface area contributed by atoms with E-state index in [1.54, 1.807) is 11.3 Å². The number of rotatable bonds is 8. The maximum atomic E-state index is 12.1. The summed E-state index contributed by atoms with van der Waals surface area (Å²) in [6, 6.07) is 9.98. The fourth-order valence-corrected chi connectivity index (χ4v) is 3.70. The molecule has 2 heterocycles. The molecule has 3 rings (SSSR count). The lowest BCUT2D eigenvalue weighted by Crippen LogP contribution is -2.27. The summed E-state index contributed by atoms with van der Waals surface area (Å²) in [6.07, 6.45) is 0. The molecule has 6 nitrogen and oxygen atoms in total. The van der Waals surface area contributed by atoms with Crippen molar-refractivity contribution >= 4 is 29.0 Å². The number of nitrogens with zero attached hydrogens (tertiary/aromatic N) is 2. The predicted molar refractivity (Wildman–Crippen MR) is 106 cm³/mol. The number of hydrogen-bond acceptors (Lipinski definition) is 7. The smallest absolute Gasteiger partial charge is 0.277 e. The average molecular weight is 404 g/mol. The van der Waals surface area contributed by atoms with Gasteiger partial charge in [-0.1, -0.05) is 30.0 Å². The molecule has 3 aromatic rings. The van der Waals surface area contributed by atoms with Gasteiger partial charge in [-0.15, -0.1) is 21.5 Å². The Morgan fingerprint density at radius 1 is 1.33 bits per heavy atom. The molecule has 0 saturated heterocycles. The van der Waals surface area contributed by atoms with Gasteiger partial charge in [-0.3, -0.25) is 4.79 Å². The van der Waals surface area contributed by atoms with E-state index >= 15 is 0 Å². The summed E-state index contributed by atoms with van der Waals surface area (Å²) in [6.45, 7) is 6.15. The number of aromatic nitrogens is 2. The van der Waals surface area contributed by atoms with Gasteiger partial charge in [0, 0.05) is 4.88 Å². The predicted octanol–water partition coefficient (Wildman–Crippen LogP) is 4.30. The SMILES string of the molecule is Cc1ccc(C)c(OCc2nnc(SCC(=O)NC(C)c3cccs3)o2)c1. The van der Waals surface area contributed by atoms with Crippen LogP contribution in [0, 0.1) is 13.8 Å². The van der Waals surface area contributed by atoms with Gasteiger partial charge in [0.25, 0.3) is 11.1 Å². The normalized spacial score (nSPS) is 12.0. The number of thiophene rings is 1. The molecule has 0 saturated carbocycles. The molecule has 1 amide bonds. The molecular weight excluding hydrogens is 382 g/mol. The van der Waals surface area contributed by atoms with E-state index in [0.29, 0.717) is 11.1 Å². The summed E-state index contributed by atoms with van der Waals surface area (Å²) in [7, 11) is 0. The molecule has 0 radical (unpaired) electrons. The molecule has 27 heavy (non-hydrogen) atoms. The van der Waals surface area contributed by atoms with Crippen LogP contribution in [0.5, 0.6) is 5.75 Å². The number of thioether (sulfide) groups is 1. The van der Waals surface area contributed by atoms with Crippen molar-refractivity contribution in [3.8, 4) is 5.75 Å². The summed E-state index contributed by atoms with van der Waals surface area (Å²) in [5.41, 5.74) is 2.17. The minimum absolute atomic E-state index is 0.0117. The van der Waals surface area contributed by atoms with E-state index in [1.165, 1.54) is 11.8 Å². The number of hydrogen-bond donors (Lipinski definition) is 1. The summed E-state index contributed by atoms with van der Waals surface area (Å²) < 4.78 is 11.3. The lowest BCUT2D eigenvalue weighted by atomic mass is 10.1. The summed E-state index contributed by atoms with van der Waals surface area (Å²) in [5.74, 6) is 1.32. The van der Waals surface area contributed by atoms with Gasteiger partial charge in [-0.2, -0.15) is 0 Å². The van der Waals surface area contributed by atoms with Crippen LogP contribution in [0.25, 0.3) is 0 Å². The molecule has 0 aliphatic carbocycles. The molecule has 0 bridgehead atoms. The van der Waals surface area contributed by atoms with Crippen molar-refractivity contribution in [2.45, 2.75) is 38.6 Å². The van der Waals surface area contributed by atoms with E-state index in [9.17, 15) is 4.79 Å². The number of carbonyl (C=O) groups is 1. The van der Waals surface area contributed by atoms with Crippen LogP contribution in [0.15, 0.2) is 45.4 Å². The molecule has 1 unspecified atom stereocenters. The Labute approximate surface area is 166 Å². The molecule has 2 aromatic heterocycles. The number of benzene rings is 1. The molecule has 0 aliphatic rings. The van der Waals surface area contributed by atoms with Crippen molar-refractivity contribution in [1.82, 2.24) is 15.5 Å². The molecule has 0 aliphatic heterocycles. The van der Waals surface area contributed by atoms with Crippen LogP contribution < -0.4 is 10.1 Å². The third kappa shape index (κ3) is 5.58. The molecule has 0 spiro atoms. The van der Waals surface area contributed by atoms with Crippen LogP contribution in [0.2, 0.25) is 0 Å². The maximum absolute atomic E-state index is 12.1. The average Bonchev–Trinajstić information content (AvgIpc) is 3.32. The minimum Gasteiger partial charge on any atom is -0.484 e. The Morgan fingerprint density at radius 2 is 2.19 bits per heavy atom. The number of nitrogens with one attached hydrogen (secondary N) is 1.